The highest BCUT2D eigenvalue weighted by Crippen LogP contribution is 2.31. The van der Waals surface area contributed by atoms with Gasteiger partial charge in [0.15, 0.2) is 0 Å². The first-order valence-electron chi connectivity index (χ1n) is 5.07. The van der Waals surface area contributed by atoms with Crippen LogP contribution in [0.4, 0.5) is 0 Å². The van der Waals surface area contributed by atoms with Crippen LogP contribution in [0.15, 0.2) is 30.5 Å². The molecule has 2 N–H and O–H groups in total. The fourth-order valence-electron chi connectivity index (χ4n) is 1.35. The van der Waals surface area contributed by atoms with Gasteiger partial charge in [-0.05, 0) is 29.8 Å². The standard InChI is InChI=1S/C12H9Cl3N2O/c13-8-2-9(14)4-10(3-8)18-12-11(15)1-7(5-16)6-17-12/h1-4,6H,5,16H2. The van der Waals surface area contributed by atoms with Crippen LogP contribution in [0.2, 0.25) is 15.1 Å². The van der Waals surface area contributed by atoms with E-state index >= 15 is 0 Å². The van der Waals surface area contributed by atoms with E-state index < -0.39 is 0 Å². The second-order valence-electron chi connectivity index (χ2n) is 3.54. The summed E-state index contributed by atoms with van der Waals surface area (Å²) in [6.45, 7) is 0.371. The Kier molecular flexibility index (Phi) is 4.30. The molecule has 0 aliphatic heterocycles. The smallest absolute Gasteiger partial charge is 0.238 e. The second-order valence-corrected chi connectivity index (χ2v) is 4.82. The van der Waals surface area contributed by atoms with E-state index in [9.17, 15) is 0 Å². The number of pyridine rings is 1. The third kappa shape index (κ3) is 3.27. The Bertz CT molecular complexity index is 555. The molecule has 0 atom stereocenters. The lowest BCUT2D eigenvalue weighted by molar-refractivity contribution is 0.463. The van der Waals surface area contributed by atoms with E-state index in [0.717, 1.165) is 5.56 Å². The molecular weight excluding hydrogens is 295 g/mol. The molecule has 94 valence electrons. The van der Waals surface area contributed by atoms with Crippen molar-refractivity contribution in [2.45, 2.75) is 6.54 Å². The van der Waals surface area contributed by atoms with Crippen molar-refractivity contribution < 1.29 is 4.74 Å². The largest absolute Gasteiger partial charge is 0.437 e. The molecule has 0 amide bonds. The Morgan fingerprint density at radius 3 is 2.28 bits per heavy atom. The van der Waals surface area contributed by atoms with Crippen molar-refractivity contribution in [2.24, 2.45) is 5.73 Å². The molecule has 0 fully saturated rings. The molecule has 1 aromatic carbocycles. The van der Waals surface area contributed by atoms with Crippen molar-refractivity contribution in [1.82, 2.24) is 4.98 Å². The molecule has 0 saturated heterocycles. The zero-order chi connectivity index (χ0) is 13.1. The lowest BCUT2D eigenvalue weighted by Crippen LogP contribution is -1.98. The van der Waals surface area contributed by atoms with Gasteiger partial charge in [0.1, 0.15) is 10.8 Å². The van der Waals surface area contributed by atoms with E-state index in [0.29, 0.717) is 27.4 Å². The summed E-state index contributed by atoms with van der Waals surface area (Å²) in [5.74, 6) is 0.759. The maximum absolute atomic E-state index is 6.03. The molecular formula is C12H9Cl3N2O. The predicted octanol–water partition coefficient (Wildman–Crippen LogP) is 4.29. The molecule has 0 aliphatic rings. The molecule has 1 aromatic heterocycles. The number of nitrogens with two attached hydrogens (primary N) is 1. The topological polar surface area (TPSA) is 48.1 Å². The average molecular weight is 304 g/mol. The number of hydrogen-bond acceptors (Lipinski definition) is 3. The zero-order valence-electron chi connectivity index (χ0n) is 9.16. The maximum Gasteiger partial charge on any atom is 0.238 e. The molecule has 3 nitrogen and oxygen atoms in total. The molecule has 0 unspecified atom stereocenters. The first kappa shape index (κ1) is 13.4. The van der Waals surface area contributed by atoms with Gasteiger partial charge < -0.3 is 10.5 Å². The summed E-state index contributed by atoms with van der Waals surface area (Å²) in [6, 6.07) is 6.57. The number of aromatic nitrogens is 1. The number of nitrogens with zero attached hydrogens (tertiary/aromatic N) is 1. The molecule has 0 aliphatic carbocycles. The second kappa shape index (κ2) is 5.76. The summed E-state index contributed by atoms with van der Waals surface area (Å²) in [5.41, 5.74) is 6.32. The van der Waals surface area contributed by atoms with Crippen molar-refractivity contribution in [1.29, 1.82) is 0 Å². The van der Waals surface area contributed by atoms with Crippen LogP contribution in [0, 0.1) is 0 Å². The first-order chi connectivity index (χ1) is 8.58. The Hall–Kier alpha value is -1.000. The van der Waals surface area contributed by atoms with Gasteiger partial charge >= 0.3 is 0 Å². The van der Waals surface area contributed by atoms with Gasteiger partial charge in [-0.15, -0.1) is 0 Å². The van der Waals surface area contributed by atoms with Crippen LogP contribution >= 0.6 is 34.8 Å². The van der Waals surface area contributed by atoms with Crippen molar-refractivity contribution in [2.75, 3.05) is 0 Å². The molecule has 2 aromatic rings. The highest BCUT2D eigenvalue weighted by molar-refractivity contribution is 6.34. The minimum atomic E-state index is 0.284. The summed E-state index contributed by atoms with van der Waals surface area (Å²) < 4.78 is 5.52. The highest BCUT2D eigenvalue weighted by Gasteiger charge is 2.07. The van der Waals surface area contributed by atoms with E-state index in [1.807, 2.05) is 0 Å². The van der Waals surface area contributed by atoms with Gasteiger partial charge in [0.2, 0.25) is 5.88 Å². The van der Waals surface area contributed by atoms with E-state index in [2.05, 4.69) is 4.98 Å². The van der Waals surface area contributed by atoms with Crippen LogP contribution in [-0.4, -0.2) is 4.98 Å². The molecule has 0 spiro atoms. The molecule has 6 heteroatoms. The summed E-state index contributed by atoms with van der Waals surface area (Å²) >= 11 is 17.8. The number of hydrogen-bond donors (Lipinski definition) is 1. The molecule has 0 saturated carbocycles. The third-order valence-corrected chi connectivity index (χ3v) is 2.86. The first-order valence-corrected chi connectivity index (χ1v) is 6.20. The fraction of sp³-hybridized carbons (Fsp3) is 0.0833. The van der Waals surface area contributed by atoms with Crippen LogP contribution < -0.4 is 10.5 Å². The lowest BCUT2D eigenvalue weighted by Gasteiger charge is -2.08. The van der Waals surface area contributed by atoms with Gasteiger partial charge in [-0.2, -0.15) is 0 Å². The van der Waals surface area contributed by atoms with Gasteiger partial charge in [-0.1, -0.05) is 34.8 Å². The Morgan fingerprint density at radius 1 is 1.06 bits per heavy atom. The van der Waals surface area contributed by atoms with Gasteiger partial charge in [-0.3, -0.25) is 0 Å². The van der Waals surface area contributed by atoms with Gasteiger partial charge in [0.25, 0.3) is 0 Å². The third-order valence-electron chi connectivity index (χ3n) is 2.15. The summed E-state index contributed by atoms with van der Waals surface area (Å²) in [4.78, 5) is 4.08. The normalized spacial score (nSPS) is 10.4. The molecule has 18 heavy (non-hydrogen) atoms. The number of halogens is 3. The van der Waals surface area contributed by atoms with E-state index in [4.69, 9.17) is 45.3 Å². The highest BCUT2D eigenvalue weighted by atomic mass is 35.5. The maximum atomic E-state index is 6.03. The number of benzene rings is 1. The van der Waals surface area contributed by atoms with Gasteiger partial charge in [0, 0.05) is 22.8 Å². The lowest BCUT2D eigenvalue weighted by atomic mass is 10.3. The molecule has 0 bridgehead atoms. The Balaban J connectivity index is 2.28. The number of ether oxygens (including phenoxy) is 1. The molecule has 1 heterocycles. The Labute approximate surface area is 119 Å². The quantitative estimate of drug-likeness (QED) is 0.920. The van der Waals surface area contributed by atoms with Gasteiger partial charge in [0.05, 0.1) is 0 Å². The number of rotatable bonds is 3. The minimum absolute atomic E-state index is 0.284. The monoisotopic (exact) mass is 302 g/mol. The van der Waals surface area contributed by atoms with E-state index in [-0.39, 0.29) is 5.88 Å². The van der Waals surface area contributed by atoms with E-state index in [1.165, 1.54) is 0 Å². The van der Waals surface area contributed by atoms with Crippen molar-refractivity contribution in [3.8, 4) is 11.6 Å². The van der Waals surface area contributed by atoms with Gasteiger partial charge in [-0.25, -0.2) is 4.98 Å². The van der Waals surface area contributed by atoms with E-state index in [1.54, 1.807) is 30.5 Å². The Morgan fingerprint density at radius 2 is 1.72 bits per heavy atom. The predicted molar refractivity (Wildman–Crippen MR) is 73.7 cm³/mol. The van der Waals surface area contributed by atoms with Crippen LogP contribution in [0.3, 0.4) is 0 Å². The van der Waals surface area contributed by atoms with Crippen molar-refractivity contribution in [3.05, 3.63) is 51.1 Å². The molecule has 0 radical (unpaired) electrons. The summed E-state index contributed by atoms with van der Waals surface area (Å²) in [7, 11) is 0. The zero-order valence-corrected chi connectivity index (χ0v) is 11.4. The van der Waals surface area contributed by atoms with Crippen molar-refractivity contribution >= 4 is 34.8 Å². The van der Waals surface area contributed by atoms with Crippen LogP contribution in [0.5, 0.6) is 11.6 Å². The minimum Gasteiger partial charge on any atom is -0.437 e. The summed E-state index contributed by atoms with van der Waals surface area (Å²) in [6.07, 6.45) is 1.60. The van der Waals surface area contributed by atoms with Crippen LogP contribution in [0.25, 0.3) is 0 Å². The summed E-state index contributed by atoms with van der Waals surface area (Å²) in [5, 5.41) is 1.34. The van der Waals surface area contributed by atoms with Crippen LogP contribution in [-0.2, 0) is 6.54 Å². The average Bonchev–Trinajstić information content (AvgIpc) is 2.30. The SMILES string of the molecule is NCc1cnc(Oc2cc(Cl)cc(Cl)c2)c(Cl)c1. The molecule has 2 rings (SSSR count). The fourth-order valence-corrected chi connectivity index (χ4v) is 2.08. The van der Waals surface area contributed by atoms with Crippen molar-refractivity contribution in [3.63, 3.8) is 0 Å². The van der Waals surface area contributed by atoms with Crippen LogP contribution in [0.1, 0.15) is 5.56 Å².